The number of alkyl halides is 2. The molecule has 0 unspecified atom stereocenters. The number of aliphatic hydroxyl groups excluding tert-OH is 2. The minimum atomic E-state index is -2.90. The second kappa shape index (κ2) is 6.34. The van der Waals surface area contributed by atoms with Gasteiger partial charge in [-0.05, 0) is 17.7 Å². The van der Waals surface area contributed by atoms with E-state index in [1.165, 1.54) is 13.2 Å². The van der Waals surface area contributed by atoms with Crippen LogP contribution in [-0.2, 0) is 6.54 Å². The van der Waals surface area contributed by atoms with Crippen molar-refractivity contribution in [2.45, 2.75) is 25.4 Å². The maximum absolute atomic E-state index is 12.2. The predicted octanol–water partition coefficient (Wildman–Crippen LogP) is 0.834. The molecule has 0 aliphatic carbocycles. The van der Waals surface area contributed by atoms with Crippen LogP contribution < -0.4 is 9.47 Å². The molecule has 1 aliphatic heterocycles. The van der Waals surface area contributed by atoms with Crippen molar-refractivity contribution < 1.29 is 28.5 Å². The number of nitrogens with zero attached hydrogens (tertiary/aromatic N) is 1. The first kappa shape index (κ1) is 15.0. The van der Waals surface area contributed by atoms with Gasteiger partial charge in [-0.1, -0.05) is 6.07 Å². The first-order valence-corrected chi connectivity index (χ1v) is 6.20. The molecular weight excluding hydrogens is 272 g/mol. The van der Waals surface area contributed by atoms with Crippen molar-refractivity contribution in [3.8, 4) is 11.5 Å². The number of methoxy groups -OCH3 is 1. The lowest BCUT2D eigenvalue weighted by atomic mass is 10.2. The third kappa shape index (κ3) is 3.56. The molecule has 0 saturated carbocycles. The van der Waals surface area contributed by atoms with Crippen molar-refractivity contribution in [3.05, 3.63) is 23.8 Å². The van der Waals surface area contributed by atoms with Crippen molar-refractivity contribution in [2.24, 2.45) is 0 Å². The summed E-state index contributed by atoms with van der Waals surface area (Å²) in [7, 11) is 1.38. The van der Waals surface area contributed by atoms with Gasteiger partial charge in [0.1, 0.15) is 0 Å². The fourth-order valence-electron chi connectivity index (χ4n) is 2.24. The maximum atomic E-state index is 12.2. The van der Waals surface area contributed by atoms with Crippen LogP contribution in [-0.4, -0.2) is 54.1 Å². The molecule has 0 radical (unpaired) electrons. The summed E-state index contributed by atoms with van der Waals surface area (Å²) < 4.78 is 33.8. The van der Waals surface area contributed by atoms with E-state index in [2.05, 4.69) is 4.74 Å². The van der Waals surface area contributed by atoms with Crippen LogP contribution in [0, 0.1) is 0 Å². The van der Waals surface area contributed by atoms with Gasteiger partial charge in [0, 0.05) is 19.6 Å². The van der Waals surface area contributed by atoms with Crippen molar-refractivity contribution in [1.29, 1.82) is 0 Å². The SMILES string of the molecule is COc1cc(CN2C[C@@H](O)[C@@H](O)C2)ccc1OC(F)F. The lowest BCUT2D eigenvalue weighted by Crippen LogP contribution is -2.22. The number of halogens is 2. The Bertz CT molecular complexity index is 448. The molecule has 2 N–H and O–H groups in total. The second-order valence-corrected chi connectivity index (χ2v) is 4.69. The van der Waals surface area contributed by atoms with Crippen molar-refractivity contribution in [2.75, 3.05) is 20.2 Å². The molecule has 1 saturated heterocycles. The Morgan fingerprint density at radius 1 is 1.25 bits per heavy atom. The van der Waals surface area contributed by atoms with E-state index < -0.39 is 18.8 Å². The molecule has 2 atom stereocenters. The molecule has 20 heavy (non-hydrogen) atoms. The fourth-order valence-corrected chi connectivity index (χ4v) is 2.24. The van der Waals surface area contributed by atoms with Gasteiger partial charge in [0.05, 0.1) is 19.3 Å². The minimum absolute atomic E-state index is 0.0206. The molecule has 0 spiro atoms. The predicted molar refractivity (Wildman–Crippen MR) is 66.9 cm³/mol. The summed E-state index contributed by atoms with van der Waals surface area (Å²) in [5.41, 5.74) is 0.824. The average molecular weight is 289 g/mol. The summed E-state index contributed by atoms with van der Waals surface area (Å²) in [6.07, 6.45) is -1.50. The van der Waals surface area contributed by atoms with Crippen LogP contribution in [0.3, 0.4) is 0 Å². The molecule has 1 fully saturated rings. The highest BCUT2D eigenvalue weighted by atomic mass is 19.3. The highest BCUT2D eigenvalue weighted by Crippen LogP contribution is 2.30. The van der Waals surface area contributed by atoms with Crippen LogP contribution in [0.1, 0.15) is 5.56 Å². The third-order valence-electron chi connectivity index (χ3n) is 3.18. The molecule has 5 nitrogen and oxygen atoms in total. The summed E-state index contributed by atoms with van der Waals surface area (Å²) in [6.45, 7) is -1.67. The van der Waals surface area contributed by atoms with Crippen LogP contribution in [0.4, 0.5) is 8.78 Å². The molecule has 0 amide bonds. The lowest BCUT2D eigenvalue weighted by molar-refractivity contribution is -0.0512. The lowest BCUT2D eigenvalue weighted by Gasteiger charge is -2.16. The van der Waals surface area contributed by atoms with Crippen molar-refractivity contribution in [3.63, 3.8) is 0 Å². The van der Waals surface area contributed by atoms with Gasteiger partial charge in [0.25, 0.3) is 0 Å². The van der Waals surface area contributed by atoms with Crippen LogP contribution in [0.25, 0.3) is 0 Å². The number of aliphatic hydroxyl groups is 2. The molecule has 7 heteroatoms. The van der Waals surface area contributed by atoms with Crippen molar-refractivity contribution >= 4 is 0 Å². The van der Waals surface area contributed by atoms with Crippen LogP contribution in [0.2, 0.25) is 0 Å². The molecular formula is C13H17F2NO4. The Kier molecular flexibility index (Phi) is 4.74. The number of ether oxygens (including phenoxy) is 2. The zero-order valence-electron chi connectivity index (χ0n) is 11.0. The number of likely N-dealkylation sites (tertiary alicyclic amines) is 1. The van der Waals surface area contributed by atoms with E-state index in [1.807, 2.05) is 4.90 Å². The van der Waals surface area contributed by atoms with Crippen LogP contribution in [0.5, 0.6) is 11.5 Å². The molecule has 0 aromatic heterocycles. The Balaban J connectivity index is 2.06. The zero-order chi connectivity index (χ0) is 14.7. The maximum Gasteiger partial charge on any atom is 0.387 e. The molecule has 0 bridgehead atoms. The highest BCUT2D eigenvalue weighted by molar-refractivity contribution is 5.43. The molecule has 1 aromatic carbocycles. The van der Waals surface area contributed by atoms with Gasteiger partial charge in [-0.3, -0.25) is 4.90 Å². The van der Waals surface area contributed by atoms with E-state index in [1.54, 1.807) is 12.1 Å². The summed E-state index contributed by atoms with van der Waals surface area (Å²) in [6, 6.07) is 4.68. The Morgan fingerprint density at radius 2 is 1.90 bits per heavy atom. The van der Waals surface area contributed by atoms with Crippen LogP contribution >= 0.6 is 0 Å². The van der Waals surface area contributed by atoms with Gasteiger partial charge in [0.15, 0.2) is 11.5 Å². The van der Waals surface area contributed by atoms with E-state index in [-0.39, 0.29) is 11.5 Å². The Hall–Kier alpha value is -1.44. The zero-order valence-corrected chi connectivity index (χ0v) is 11.0. The monoisotopic (exact) mass is 289 g/mol. The third-order valence-corrected chi connectivity index (χ3v) is 3.18. The minimum Gasteiger partial charge on any atom is -0.493 e. The second-order valence-electron chi connectivity index (χ2n) is 4.69. The molecule has 1 heterocycles. The fraction of sp³-hybridized carbons (Fsp3) is 0.538. The quantitative estimate of drug-likeness (QED) is 0.841. The number of hydrogen-bond acceptors (Lipinski definition) is 5. The van der Waals surface area contributed by atoms with Gasteiger partial charge >= 0.3 is 6.61 Å². The van der Waals surface area contributed by atoms with E-state index in [0.717, 1.165) is 5.56 Å². The number of hydrogen-bond donors (Lipinski definition) is 2. The topological polar surface area (TPSA) is 62.2 Å². The number of benzene rings is 1. The number of β-amino-alcohol motifs (C(OH)–C–C–N with tert-alkyl or cyclic N) is 2. The van der Waals surface area contributed by atoms with Gasteiger partial charge in [-0.2, -0.15) is 8.78 Å². The first-order chi connectivity index (χ1) is 9.49. The summed E-state index contributed by atoms with van der Waals surface area (Å²) in [5.74, 6) is 0.204. The molecule has 112 valence electrons. The van der Waals surface area contributed by atoms with E-state index in [0.29, 0.717) is 19.6 Å². The molecule has 2 rings (SSSR count). The van der Waals surface area contributed by atoms with Crippen molar-refractivity contribution in [1.82, 2.24) is 4.90 Å². The Morgan fingerprint density at radius 3 is 2.45 bits per heavy atom. The Labute approximate surface area is 115 Å². The van der Waals surface area contributed by atoms with E-state index >= 15 is 0 Å². The van der Waals surface area contributed by atoms with Gasteiger partial charge in [0.2, 0.25) is 0 Å². The summed E-state index contributed by atoms with van der Waals surface area (Å²) in [5, 5.41) is 18.9. The number of rotatable bonds is 5. The largest absolute Gasteiger partial charge is 0.493 e. The van der Waals surface area contributed by atoms with Gasteiger partial charge < -0.3 is 19.7 Å². The highest BCUT2D eigenvalue weighted by Gasteiger charge is 2.29. The summed E-state index contributed by atoms with van der Waals surface area (Å²) >= 11 is 0. The van der Waals surface area contributed by atoms with Gasteiger partial charge in [-0.15, -0.1) is 0 Å². The first-order valence-electron chi connectivity index (χ1n) is 6.20. The van der Waals surface area contributed by atoms with Crippen LogP contribution in [0.15, 0.2) is 18.2 Å². The average Bonchev–Trinajstić information content (AvgIpc) is 2.69. The smallest absolute Gasteiger partial charge is 0.387 e. The van der Waals surface area contributed by atoms with E-state index in [9.17, 15) is 19.0 Å². The normalized spacial score (nSPS) is 23.3. The molecule has 1 aliphatic rings. The standard InChI is InChI=1S/C13H17F2NO4/c1-19-12-4-8(2-3-11(12)20-13(14)15)5-16-6-9(17)10(18)7-16/h2-4,9-10,13,17-18H,5-7H2,1H3/t9-,10+. The van der Waals surface area contributed by atoms with E-state index in [4.69, 9.17) is 4.74 Å². The molecule has 1 aromatic rings. The summed E-state index contributed by atoms with van der Waals surface area (Å²) in [4.78, 5) is 1.87. The van der Waals surface area contributed by atoms with Gasteiger partial charge in [-0.25, -0.2) is 0 Å².